The van der Waals surface area contributed by atoms with Gasteiger partial charge in [-0.25, -0.2) is 0 Å². The number of hydrogen-bond acceptors (Lipinski definition) is 2. The van der Waals surface area contributed by atoms with Gasteiger partial charge in [0.25, 0.3) is 0 Å². The van der Waals surface area contributed by atoms with Crippen LogP contribution in [0.4, 0.5) is 11.4 Å². The van der Waals surface area contributed by atoms with E-state index in [1.54, 1.807) is 11.8 Å². The first kappa shape index (κ1) is 20.7. The van der Waals surface area contributed by atoms with Crippen molar-refractivity contribution in [2.45, 2.75) is 43.0 Å². The lowest BCUT2D eigenvalue weighted by Crippen LogP contribution is -2.26. The predicted molar refractivity (Wildman–Crippen MR) is 138 cm³/mol. The van der Waals surface area contributed by atoms with Gasteiger partial charge in [-0.05, 0) is 88.8 Å². The molecule has 156 valence electrons. The molecule has 0 spiro atoms. The molecule has 1 nitrogen and oxygen atoms in total. The molecule has 0 saturated heterocycles. The van der Waals surface area contributed by atoms with Crippen molar-refractivity contribution >= 4 is 45.1 Å². The molecule has 31 heavy (non-hydrogen) atoms. The molecule has 1 heterocycles. The summed E-state index contributed by atoms with van der Waals surface area (Å²) in [6.07, 6.45) is 8.18. The average molecular weight is 488 g/mol. The summed E-state index contributed by atoms with van der Waals surface area (Å²) in [6, 6.07) is 24.5. The Kier molecular flexibility index (Phi) is 5.81. The SMILES string of the molecule is C=C(/C=C/c1cc(Br)c2c(c1)C1CCCC1N2c1ccccc1)Sc1ccccc1C. The molecule has 3 aromatic rings. The molecule has 0 N–H and O–H groups in total. The number of thioether (sulfide) groups is 1. The fraction of sp³-hybridized carbons (Fsp3) is 0.214. The van der Waals surface area contributed by atoms with Crippen LogP contribution >= 0.6 is 27.7 Å². The summed E-state index contributed by atoms with van der Waals surface area (Å²) in [6.45, 7) is 6.41. The van der Waals surface area contributed by atoms with Crippen LogP contribution in [-0.4, -0.2) is 6.04 Å². The molecule has 0 radical (unpaired) electrons. The summed E-state index contributed by atoms with van der Waals surface area (Å²) < 4.78 is 1.18. The lowest BCUT2D eigenvalue weighted by Gasteiger charge is -2.27. The molecule has 5 rings (SSSR count). The first-order chi connectivity index (χ1) is 15.1. The van der Waals surface area contributed by atoms with E-state index >= 15 is 0 Å². The molecule has 1 fully saturated rings. The van der Waals surface area contributed by atoms with Gasteiger partial charge in [0.15, 0.2) is 0 Å². The largest absolute Gasteiger partial charge is 0.337 e. The lowest BCUT2D eigenvalue weighted by atomic mass is 9.96. The molecular formula is C28H26BrNS. The maximum absolute atomic E-state index is 4.26. The standard InChI is InChI=1S/C28H26BrNS/c1-19-9-6-7-14-27(19)31-20(2)15-16-21-17-24-23-12-8-13-26(23)30(28(24)25(29)18-21)22-10-4-3-5-11-22/h3-7,9-11,14-18,23,26H,2,8,12-13H2,1H3/b16-15+. The number of aryl methyl sites for hydroxylation is 1. The molecule has 0 bridgehead atoms. The Morgan fingerprint density at radius 1 is 1.06 bits per heavy atom. The van der Waals surface area contributed by atoms with Crippen molar-refractivity contribution in [3.8, 4) is 0 Å². The summed E-state index contributed by atoms with van der Waals surface area (Å²) in [5.74, 6) is 0.615. The zero-order valence-electron chi connectivity index (χ0n) is 17.7. The topological polar surface area (TPSA) is 3.24 Å². The number of para-hydroxylation sites is 1. The number of nitrogens with zero attached hydrogens (tertiary/aromatic N) is 1. The van der Waals surface area contributed by atoms with Gasteiger partial charge in [0.05, 0.1) is 5.69 Å². The molecule has 1 saturated carbocycles. The predicted octanol–water partition coefficient (Wildman–Crippen LogP) is 8.86. The molecule has 3 heteroatoms. The lowest BCUT2D eigenvalue weighted by molar-refractivity contribution is 0.641. The third-order valence-corrected chi connectivity index (χ3v) is 8.08. The van der Waals surface area contributed by atoms with Gasteiger partial charge in [0.1, 0.15) is 0 Å². The first-order valence-electron chi connectivity index (χ1n) is 10.9. The van der Waals surface area contributed by atoms with Gasteiger partial charge in [-0.2, -0.15) is 0 Å². The van der Waals surface area contributed by atoms with Crippen LogP contribution in [0.25, 0.3) is 6.08 Å². The third kappa shape index (κ3) is 4.02. The Balaban J connectivity index is 1.44. The van der Waals surface area contributed by atoms with E-state index in [1.165, 1.54) is 56.7 Å². The molecule has 0 amide bonds. The monoisotopic (exact) mass is 487 g/mol. The summed E-state index contributed by atoms with van der Waals surface area (Å²) in [5, 5.41) is 0. The van der Waals surface area contributed by atoms with Crippen molar-refractivity contribution in [1.29, 1.82) is 0 Å². The normalized spacial score (nSPS) is 19.6. The Morgan fingerprint density at radius 3 is 2.65 bits per heavy atom. The Hall–Kier alpha value is -2.23. The quantitative estimate of drug-likeness (QED) is 0.261. The Bertz CT molecular complexity index is 1150. The maximum atomic E-state index is 4.26. The smallest absolute Gasteiger partial charge is 0.0594 e. The number of benzene rings is 3. The van der Waals surface area contributed by atoms with Crippen molar-refractivity contribution < 1.29 is 0 Å². The molecule has 2 atom stereocenters. The molecule has 2 aliphatic rings. The van der Waals surface area contributed by atoms with E-state index in [1.807, 2.05) is 0 Å². The van der Waals surface area contributed by atoms with Gasteiger partial charge >= 0.3 is 0 Å². The molecule has 0 aromatic heterocycles. The number of halogens is 1. The van der Waals surface area contributed by atoms with E-state index in [-0.39, 0.29) is 0 Å². The second-order valence-electron chi connectivity index (χ2n) is 8.42. The highest BCUT2D eigenvalue weighted by Gasteiger charge is 2.43. The fourth-order valence-corrected chi connectivity index (χ4v) is 6.48. The van der Waals surface area contributed by atoms with E-state index in [0.29, 0.717) is 12.0 Å². The molecule has 3 aromatic carbocycles. The summed E-state index contributed by atoms with van der Waals surface area (Å²) in [7, 11) is 0. The van der Waals surface area contributed by atoms with Crippen molar-refractivity contribution in [3.63, 3.8) is 0 Å². The van der Waals surface area contributed by atoms with Crippen molar-refractivity contribution in [2.75, 3.05) is 4.90 Å². The van der Waals surface area contributed by atoms with Crippen LogP contribution < -0.4 is 4.90 Å². The van der Waals surface area contributed by atoms with E-state index in [2.05, 4.69) is 113 Å². The van der Waals surface area contributed by atoms with Crippen LogP contribution in [0.5, 0.6) is 0 Å². The third-order valence-electron chi connectivity index (χ3n) is 6.40. The summed E-state index contributed by atoms with van der Waals surface area (Å²) in [4.78, 5) is 4.88. The Labute approximate surface area is 198 Å². The number of rotatable bonds is 5. The number of anilines is 2. The van der Waals surface area contributed by atoms with Gasteiger partial charge < -0.3 is 4.90 Å². The van der Waals surface area contributed by atoms with Crippen LogP contribution in [0.15, 0.2) is 93.7 Å². The maximum Gasteiger partial charge on any atom is 0.0594 e. The highest BCUT2D eigenvalue weighted by molar-refractivity contribution is 9.10. The average Bonchev–Trinajstić information content (AvgIpc) is 3.36. The second kappa shape index (κ2) is 8.72. The summed E-state index contributed by atoms with van der Waals surface area (Å²) in [5.41, 5.74) is 6.65. The highest BCUT2D eigenvalue weighted by Crippen LogP contribution is 2.55. The zero-order chi connectivity index (χ0) is 21.4. The Morgan fingerprint density at radius 2 is 1.84 bits per heavy atom. The van der Waals surface area contributed by atoms with Crippen molar-refractivity contribution in [3.05, 3.63) is 105 Å². The zero-order valence-corrected chi connectivity index (χ0v) is 20.1. The second-order valence-corrected chi connectivity index (χ2v) is 10.4. The van der Waals surface area contributed by atoms with Crippen molar-refractivity contribution in [2.24, 2.45) is 0 Å². The molecule has 2 unspecified atom stereocenters. The van der Waals surface area contributed by atoms with Gasteiger partial charge in [-0.3, -0.25) is 0 Å². The van der Waals surface area contributed by atoms with E-state index in [0.717, 1.165) is 4.91 Å². The van der Waals surface area contributed by atoms with Crippen LogP contribution in [0, 0.1) is 6.92 Å². The van der Waals surface area contributed by atoms with Crippen LogP contribution in [-0.2, 0) is 0 Å². The van der Waals surface area contributed by atoms with Crippen LogP contribution in [0.2, 0.25) is 0 Å². The van der Waals surface area contributed by atoms with Crippen LogP contribution in [0.1, 0.15) is 41.9 Å². The van der Waals surface area contributed by atoms with Crippen LogP contribution in [0.3, 0.4) is 0 Å². The molecule has 1 aliphatic carbocycles. The minimum absolute atomic E-state index is 0.569. The highest BCUT2D eigenvalue weighted by atomic mass is 79.9. The minimum Gasteiger partial charge on any atom is -0.337 e. The first-order valence-corrected chi connectivity index (χ1v) is 12.5. The number of hydrogen-bond donors (Lipinski definition) is 0. The minimum atomic E-state index is 0.569. The number of fused-ring (bicyclic) bond motifs is 3. The van der Waals surface area contributed by atoms with Gasteiger partial charge in [0, 0.05) is 31.9 Å². The molecular weight excluding hydrogens is 462 g/mol. The van der Waals surface area contributed by atoms with Gasteiger partial charge in [0.2, 0.25) is 0 Å². The van der Waals surface area contributed by atoms with Crippen molar-refractivity contribution in [1.82, 2.24) is 0 Å². The van der Waals surface area contributed by atoms with Gasteiger partial charge in [-0.15, -0.1) is 0 Å². The number of allylic oxidation sites excluding steroid dienone is 1. The fourth-order valence-electron chi connectivity index (χ4n) is 5.00. The van der Waals surface area contributed by atoms with E-state index < -0.39 is 0 Å². The molecule has 1 aliphatic heterocycles. The van der Waals surface area contributed by atoms with Gasteiger partial charge in [-0.1, -0.05) is 67.2 Å². The summed E-state index contributed by atoms with van der Waals surface area (Å²) >= 11 is 5.64. The van der Waals surface area contributed by atoms with E-state index in [9.17, 15) is 0 Å². The van der Waals surface area contributed by atoms with E-state index in [4.69, 9.17) is 0 Å².